The van der Waals surface area contributed by atoms with Crippen molar-refractivity contribution in [1.82, 2.24) is 9.88 Å². The van der Waals surface area contributed by atoms with E-state index in [1.54, 1.807) is 11.3 Å². The molecule has 0 N–H and O–H groups in total. The lowest BCUT2D eigenvalue weighted by atomic mass is 10.2. The maximum Gasteiger partial charge on any atom is 0.223 e. The second-order valence-electron chi connectivity index (χ2n) is 6.53. The third-order valence-corrected chi connectivity index (χ3v) is 5.85. The molecule has 2 heterocycles. The van der Waals surface area contributed by atoms with E-state index in [0.29, 0.717) is 13.0 Å². The van der Waals surface area contributed by atoms with Gasteiger partial charge < -0.3 is 9.64 Å². The molecular weight excluding hydrogens is 344 g/mol. The molecule has 3 aromatic rings. The summed E-state index contributed by atoms with van der Waals surface area (Å²) >= 11 is 1.71. The fraction of sp³-hybridized carbons (Fsp3) is 0.333. The molecular formula is C21H22N2O2S. The minimum absolute atomic E-state index is 0.134. The molecule has 0 aliphatic carbocycles. The van der Waals surface area contributed by atoms with Crippen LogP contribution in [0.5, 0.6) is 5.75 Å². The second kappa shape index (κ2) is 7.87. The highest BCUT2D eigenvalue weighted by Gasteiger charge is 2.31. The van der Waals surface area contributed by atoms with E-state index < -0.39 is 0 Å². The zero-order valence-electron chi connectivity index (χ0n) is 14.6. The van der Waals surface area contributed by atoms with Crippen molar-refractivity contribution in [2.75, 3.05) is 13.2 Å². The monoisotopic (exact) mass is 366 g/mol. The average Bonchev–Trinajstić information content (AvgIpc) is 3.32. The molecule has 2 aromatic carbocycles. The number of benzene rings is 2. The molecule has 4 nitrogen and oxygen atoms in total. The average molecular weight is 366 g/mol. The lowest BCUT2D eigenvalue weighted by molar-refractivity contribution is -0.132. The summed E-state index contributed by atoms with van der Waals surface area (Å²) in [6, 6.07) is 18.1. The van der Waals surface area contributed by atoms with Crippen LogP contribution in [0.25, 0.3) is 10.2 Å². The van der Waals surface area contributed by atoms with Gasteiger partial charge in [0.2, 0.25) is 5.91 Å². The molecule has 134 valence electrons. The van der Waals surface area contributed by atoms with Gasteiger partial charge in [0.25, 0.3) is 0 Å². The topological polar surface area (TPSA) is 42.4 Å². The van der Waals surface area contributed by atoms with Gasteiger partial charge in [-0.25, -0.2) is 4.98 Å². The van der Waals surface area contributed by atoms with Gasteiger partial charge in [0.1, 0.15) is 10.8 Å². The molecule has 26 heavy (non-hydrogen) atoms. The minimum Gasteiger partial charge on any atom is -0.494 e. The molecule has 0 radical (unpaired) electrons. The fourth-order valence-corrected chi connectivity index (χ4v) is 4.54. The summed E-state index contributed by atoms with van der Waals surface area (Å²) in [6.45, 7) is 1.40. The molecule has 0 bridgehead atoms. The Morgan fingerprint density at radius 2 is 1.96 bits per heavy atom. The predicted molar refractivity (Wildman–Crippen MR) is 104 cm³/mol. The number of carbonyl (C=O) groups excluding carboxylic acids is 1. The van der Waals surface area contributed by atoms with Crippen LogP contribution in [0.3, 0.4) is 0 Å². The van der Waals surface area contributed by atoms with Crippen LogP contribution in [0, 0.1) is 0 Å². The number of aromatic nitrogens is 1. The van der Waals surface area contributed by atoms with Crippen molar-refractivity contribution in [2.24, 2.45) is 0 Å². The second-order valence-corrected chi connectivity index (χ2v) is 7.59. The Labute approximate surface area is 157 Å². The van der Waals surface area contributed by atoms with Crippen molar-refractivity contribution in [3.63, 3.8) is 0 Å². The molecule has 1 aliphatic heterocycles. The van der Waals surface area contributed by atoms with Gasteiger partial charge in [0, 0.05) is 13.0 Å². The van der Waals surface area contributed by atoms with E-state index in [0.717, 1.165) is 42.1 Å². The van der Waals surface area contributed by atoms with E-state index in [4.69, 9.17) is 9.72 Å². The molecule has 1 saturated heterocycles. The molecule has 0 saturated carbocycles. The largest absolute Gasteiger partial charge is 0.494 e. The van der Waals surface area contributed by atoms with Gasteiger partial charge >= 0.3 is 0 Å². The highest BCUT2D eigenvalue weighted by molar-refractivity contribution is 7.18. The SMILES string of the molecule is O=C(CCCOc1ccccc1)N1CCC[C@@H]1c1nc2ccccc2s1. The molecule has 4 rings (SSSR count). The first-order valence-electron chi connectivity index (χ1n) is 9.14. The first kappa shape index (κ1) is 17.0. The standard InChI is InChI=1S/C21H22N2O2S/c24-20(13-7-15-25-16-8-2-1-3-9-16)23-14-6-11-18(23)21-22-17-10-4-5-12-19(17)26-21/h1-5,8-10,12,18H,6-7,11,13-15H2/t18-/m1/s1. The van der Waals surface area contributed by atoms with Crippen molar-refractivity contribution < 1.29 is 9.53 Å². The van der Waals surface area contributed by atoms with Crippen LogP contribution >= 0.6 is 11.3 Å². The number of fused-ring (bicyclic) bond motifs is 1. The van der Waals surface area contributed by atoms with Gasteiger partial charge in [-0.15, -0.1) is 11.3 Å². The first-order chi connectivity index (χ1) is 12.8. The van der Waals surface area contributed by atoms with Crippen LogP contribution in [0.1, 0.15) is 36.7 Å². The van der Waals surface area contributed by atoms with E-state index in [2.05, 4.69) is 6.07 Å². The number of para-hydroxylation sites is 2. The molecule has 1 aliphatic rings. The zero-order valence-corrected chi connectivity index (χ0v) is 15.5. The molecule has 0 spiro atoms. The number of hydrogen-bond donors (Lipinski definition) is 0. The van der Waals surface area contributed by atoms with E-state index in [1.807, 2.05) is 53.4 Å². The van der Waals surface area contributed by atoms with Gasteiger partial charge in [0.15, 0.2) is 0 Å². The Kier molecular flexibility index (Phi) is 5.16. The summed E-state index contributed by atoms with van der Waals surface area (Å²) in [5.41, 5.74) is 1.03. The maximum atomic E-state index is 12.7. The fourth-order valence-electron chi connectivity index (χ4n) is 3.43. The van der Waals surface area contributed by atoms with Crippen LogP contribution in [0.15, 0.2) is 54.6 Å². The number of ether oxygens (including phenoxy) is 1. The summed E-state index contributed by atoms with van der Waals surface area (Å²) in [5.74, 6) is 1.07. The highest BCUT2D eigenvalue weighted by Crippen LogP contribution is 2.36. The van der Waals surface area contributed by atoms with Crippen molar-refractivity contribution in [1.29, 1.82) is 0 Å². The third kappa shape index (κ3) is 3.73. The number of nitrogens with zero attached hydrogens (tertiary/aromatic N) is 2. The number of hydrogen-bond acceptors (Lipinski definition) is 4. The maximum absolute atomic E-state index is 12.7. The lowest BCUT2D eigenvalue weighted by Gasteiger charge is -2.23. The van der Waals surface area contributed by atoms with Crippen LogP contribution in [-0.4, -0.2) is 28.9 Å². The summed E-state index contributed by atoms with van der Waals surface area (Å²) in [6.07, 6.45) is 3.31. The van der Waals surface area contributed by atoms with E-state index in [-0.39, 0.29) is 11.9 Å². The quantitative estimate of drug-likeness (QED) is 0.588. The Balaban J connectivity index is 1.34. The predicted octanol–water partition coefficient (Wildman–Crippen LogP) is 4.82. The Morgan fingerprint density at radius 1 is 1.15 bits per heavy atom. The van der Waals surface area contributed by atoms with E-state index in [9.17, 15) is 4.79 Å². The van der Waals surface area contributed by atoms with Crippen molar-refractivity contribution in [3.8, 4) is 5.75 Å². The molecule has 1 amide bonds. The number of likely N-dealkylation sites (tertiary alicyclic amines) is 1. The lowest BCUT2D eigenvalue weighted by Crippen LogP contribution is -2.30. The van der Waals surface area contributed by atoms with Crippen LogP contribution < -0.4 is 4.74 Å². The third-order valence-electron chi connectivity index (χ3n) is 4.72. The van der Waals surface area contributed by atoms with Crippen LogP contribution in [-0.2, 0) is 4.79 Å². The summed E-state index contributed by atoms with van der Waals surface area (Å²) in [7, 11) is 0. The molecule has 5 heteroatoms. The first-order valence-corrected chi connectivity index (χ1v) is 9.96. The van der Waals surface area contributed by atoms with Crippen LogP contribution in [0.4, 0.5) is 0 Å². The number of rotatable bonds is 6. The van der Waals surface area contributed by atoms with Gasteiger partial charge in [-0.3, -0.25) is 4.79 Å². The zero-order chi connectivity index (χ0) is 17.8. The van der Waals surface area contributed by atoms with Gasteiger partial charge in [-0.05, 0) is 43.5 Å². The summed E-state index contributed by atoms with van der Waals surface area (Å²) < 4.78 is 6.88. The van der Waals surface area contributed by atoms with Crippen molar-refractivity contribution >= 4 is 27.5 Å². The van der Waals surface area contributed by atoms with Gasteiger partial charge in [-0.1, -0.05) is 30.3 Å². The van der Waals surface area contributed by atoms with E-state index in [1.165, 1.54) is 4.70 Å². The smallest absolute Gasteiger partial charge is 0.223 e. The van der Waals surface area contributed by atoms with Gasteiger partial charge in [0.05, 0.1) is 22.9 Å². The summed E-state index contributed by atoms with van der Waals surface area (Å²) in [5, 5.41) is 1.07. The summed E-state index contributed by atoms with van der Waals surface area (Å²) in [4.78, 5) is 19.5. The number of amides is 1. The van der Waals surface area contributed by atoms with Crippen molar-refractivity contribution in [2.45, 2.75) is 31.7 Å². The molecule has 1 fully saturated rings. The number of carbonyl (C=O) groups is 1. The van der Waals surface area contributed by atoms with E-state index >= 15 is 0 Å². The molecule has 1 aromatic heterocycles. The van der Waals surface area contributed by atoms with Crippen LogP contribution in [0.2, 0.25) is 0 Å². The molecule has 1 atom stereocenters. The van der Waals surface area contributed by atoms with Crippen molar-refractivity contribution in [3.05, 3.63) is 59.6 Å². The highest BCUT2D eigenvalue weighted by atomic mass is 32.1. The Bertz CT molecular complexity index is 845. The van der Waals surface area contributed by atoms with Gasteiger partial charge in [-0.2, -0.15) is 0 Å². The minimum atomic E-state index is 0.134. The normalized spacial score (nSPS) is 16.9. The number of thiazole rings is 1. The Hall–Kier alpha value is -2.40. The molecule has 0 unspecified atom stereocenters. The Morgan fingerprint density at radius 3 is 2.81 bits per heavy atom.